The lowest BCUT2D eigenvalue weighted by Crippen LogP contribution is -2.57. The molecular weight excluding hydrogens is 448 g/mol. The minimum Gasteiger partial charge on any atom is -0.480 e. The maximum Gasteiger partial charge on any atom is 0.328 e. The number of aryl methyl sites for hydroxylation is 1. The molecule has 9 heteroatoms. The van der Waals surface area contributed by atoms with E-state index in [4.69, 9.17) is 4.74 Å². The molecule has 1 N–H and O–H groups in total. The number of ether oxygens (including phenoxy) is 1. The molecule has 2 aromatic carbocycles. The summed E-state index contributed by atoms with van der Waals surface area (Å²) in [6, 6.07) is 11.0. The van der Waals surface area contributed by atoms with Gasteiger partial charge in [-0.3, -0.25) is 19.6 Å². The van der Waals surface area contributed by atoms with E-state index < -0.39 is 22.9 Å². The molecule has 0 spiro atoms. The lowest BCUT2D eigenvalue weighted by molar-refractivity contribution is -0.139. The smallest absolute Gasteiger partial charge is 0.328 e. The second-order valence-corrected chi connectivity index (χ2v) is 8.18. The van der Waals surface area contributed by atoms with Crippen molar-refractivity contribution in [3.63, 3.8) is 0 Å². The lowest BCUT2D eigenvalue weighted by Gasteiger charge is -2.39. The number of carboxylic acid groups (broad SMARTS) is 1. The SMILES string of the molecule is CCN(CC)N(c1cc(=O)c1=O)C(Cc1ccc(Oc2nc(C)cc3ccncc23)cc1)C(=O)O. The third-order valence-electron chi connectivity index (χ3n) is 5.88. The number of anilines is 1. The number of hydrogen-bond donors (Lipinski definition) is 1. The molecule has 2 aromatic heterocycles. The predicted octanol–water partition coefficient (Wildman–Crippen LogP) is 3.09. The molecule has 35 heavy (non-hydrogen) atoms. The van der Waals surface area contributed by atoms with Crippen molar-refractivity contribution in [3.8, 4) is 11.6 Å². The highest BCUT2D eigenvalue weighted by molar-refractivity contribution is 5.86. The van der Waals surface area contributed by atoms with Gasteiger partial charge in [-0.15, -0.1) is 0 Å². The third kappa shape index (κ3) is 4.90. The van der Waals surface area contributed by atoms with E-state index in [0.29, 0.717) is 24.7 Å². The predicted molar refractivity (Wildman–Crippen MR) is 133 cm³/mol. The van der Waals surface area contributed by atoms with Crippen molar-refractivity contribution in [1.29, 1.82) is 0 Å². The molecular formula is C26H26N4O5. The Morgan fingerprint density at radius 1 is 1.09 bits per heavy atom. The largest absolute Gasteiger partial charge is 0.480 e. The van der Waals surface area contributed by atoms with Crippen LogP contribution in [0.4, 0.5) is 5.69 Å². The average Bonchev–Trinajstić information content (AvgIpc) is 2.85. The van der Waals surface area contributed by atoms with Crippen LogP contribution in [0.1, 0.15) is 25.1 Å². The highest BCUT2D eigenvalue weighted by Gasteiger charge is 2.33. The van der Waals surface area contributed by atoms with Crippen LogP contribution in [-0.4, -0.2) is 45.2 Å². The van der Waals surface area contributed by atoms with Gasteiger partial charge in [0.05, 0.1) is 5.39 Å². The zero-order chi connectivity index (χ0) is 25.1. The topological polar surface area (TPSA) is 113 Å². The molecule has 0 aliphatic rings. The summed E-state index contributed by atoms with van der Waals surface area (Å²) in [7, 11) is 0. The Hall–Kier alpha value is -4.11. The second kappa shape index (κ2) is 10.0. The average molecular weight is 475 g/mol. The normalized spacial score (nSPS) is 12.2. The summed E-state index contributed by atoms with van der Waals surface area (Å²) < 4.78 is 6.01. The first-order valence-electron chi connectivity index (χ1n) is 11.4. The summed E-state index contributed by atoms with van der Waals surface area (Å²) in [5.41, 5.74) is 0.380. The maximum atomic E-state index is 12.2. The Bertz CT molecular complexity index is 1420. The molecule has 0 saturated carbocycles. The minimum absolute atomic E-state index is 0.108. The lowest BCUT2D eigenvalue weighted by atomic mass is 10.0. The van der Waals surface area contributed by atoms with Gasteiger partial charge in [-0.25, -0.2) is 14.8 Å². The highest BCUT2D eigenvalue weighted by Crippen LogP contribution is 2.29. The molecule has 4 rings (SSSR count). The van der Waals surface area contributed by atoms with Crippen LogP contribution in [-0.2, 0) is 11.2 Å². The first kappa shape index (κ1) is 24.0. The number of hydrazine groups is 1. The van der Waals surface area contributed by atoms with Crippen molar-refractivity contribution in [3.05, 3.63) is 86.6 Å². The van der Waals surface area contributed by atoms with Crippen LogP contribution in [0.2, 0.25) is 0 Å². The van der Waals surface area contributed by atoms with Gasteiger partial charge in [-0.05, 0) is 42.1 Å². The standard InChI is InChI=1S/C26H26N4O5/c1-4-29(5-2)30(21-14-23(31)24(21)32)22(26(33)34)13-17-6-8-19(9-7-17)35-25-20-15-27-11-10-18(20)12-16(3)28-25/h6-12,14-15,22H,4-5,13H2,1-3H3,(H,33,34). The molecule has 0 fully saturated rings. The van der Waals surface area contributed by atoms with Gasteiger partial charge >= 0.3 is 5.97 Å². The highest BCUT2D eigenvalue weighted by atomic mass is 16.5. The summed E-state index contributed by atoms with van der Waals surface area (Å²) in [5, 5.41) is 15.0. The molecule has 1 atom stereocenters. The number of fused-ring (bicyclic) bond motifs is 1. The van der Waals surface area contributed by atoms with Gasteiger partial charge in [-0.2, -0.15) is 0 Å². The first-order valence-corrected chi connectivity index (χ1v) is 11.4. The number of hydrogen-bond acceptors (Lipinski definition) is 8. The van der Waals surface area contributed by atoms with Crippen LogP contribution in [0.15, 0.2) is 64.4 Å². The molecule has 0 aliphatic heterocycles. The molecule has 4 aromatic rings. The number of rotatable bonds is 10. The fourth-order valence-electron chi connectivity index (χ4n) is 4.09. The van der Waals surface area contributed by atoms with Crippen LogP contribution in [0.3, 0.4) is 0 Å². The van der Waals surface area contributed by atoms with Gasteiger partial charge in [0.25, 0.3) is 0 Å². The number of nitrogens with zero attached hydrogens (tertiary/aromatic N) is 4. The van der Waals surface area contributed by atoms with Crippen LogP contribution in [0.5, 0.6) is 11.6 Å². The molecule has 0 saturated heterocycles. The van der Waals surface area contributed by atoms with Gasteiger partial charge < -0.3 is 9.84 Å². The van der Waals surface area contributed by atoms with Crippen molar-refractivity contribution in [2.45, 2.75) is 33.2 Å². The van der Waals surface area contributed by atoms with Crippen molar-refractivity contribution >= 4 is 22.4 Å². The number of benzene rings is 1. The summed E-state index contributed by atoms with van der Waals surface area (Å²) in [6.45, 7) is 6.59. The van der Waals surface area contributed by atoms with Crippen LogP contribution >= 0.6 is 0 Å². The van der Waals surface area contributed by atoms with E-state index in [1.165, 1.54) is 11.1 Å². The fraction of sp³-hybridized carbons (Fsp3) is 0.269. The summed E-state index contributed by atoms with van der Waals surface area (Å²) >= 11 is 0. The number of aromatic nitrogens is 2. The molecule has 2 heterocycles. The van der Waals surface area contributed by atoms with E-state index in [9.17, 15) is 19.5 Å². The Morgan fingerprint density at radius 3 is 2.40 bits per heavy atom. The maximum absolute atomic E-state index is 12.2. The van der Waals surface area contributed by atoms with Crippen LogP contribution < -0.4 is 20.6 Å². The molecule has 9 nitrogen and oxygen atoms in total. The minimum atomic E-state index is -1.09. The van der Waals surface area contributed by atoms with E-state index in [2.05, 4.69) is 9.97 Å². The molecule has 0 amide bonds. The first-order chi connectivity index (χ1) is 16.8. The number of aliphatic carboxylic acids is 1. The quantitative estimate of drug-likeness (QED) is 0.274. The van der Waals surface area contributed by atoms with Crippen molar-refractivity contribution < 1.29 is 14.6 Å². The van der Waals surface area contributed by atoms with E-state index in [-0.39, 0.29) is 12.1 Å². The Morgan fingerprint density at radius 2 is 1.80 bits per heavy atom. The van der Waals surface area contributed by atoms with Gasteiger partial charge in [-0.1, -0.05) is 26.0 Å². The van der Waals surface area contributed by atoms with E-state index >= 15 is 0 Å². The number of carboxylic acids is 1. The molecule has 0 radical (unpaired) electrons. The van der Waals surface area contributed by atoms with E-state index in [1.807, 2.05) is 32.9 Å². The Balaban J connectivity index is 1.59. The molecule has 0 bridgehead atoms. The van der Waals surface area contributed by atoms with Crippen LogP contribution in [0.25, 0.3) is 10.8 Å². The van der Waals surface area contributed by atoms with E-state index in [0.717, 1.165) is 22.0 Å². The van der Waals surface area contributed by atoms with E-state index in [1.54, 1.807) is 41.7 Å². The summed E-state index contributed by atoms with van der Waals surface area (Å²) in [6.07, 6.45) is 3.54. The van der Waals surface area contributed by atoms with Crippen molar-refractivity contribution in [2.75, 3.05) is 18.1 Å². The van der Waals surface area contributed by atoms with Crippen LogP contribution in [0, 0.1) is 6.92 Å². The molecule has 1 unspecified atom stereocenters. The molecule has 180 valence electrons. The Kier molecular flexibility index (Phi) is 6.88. The summed E-state index contributed by atoms with van der Waals surface area (Å²) in [4.78, 5) is 44.6. The Labute approximate surface area is 201 Å². The number of pyridine rings is 2. The second-order valence-electron chi connectivity index (χ2n) is 8.18. The number of carbonyl (C=O) groups is 1. The van der Waals surface area contributed by atoms with Gasteiger partial charge in [0.2, 0.25) is 16.7 Å². The van der Waals surface area contributed by atoms with Crippen molar-refractivity contribution in [2.24, 2.45) is 0 Å². The van der Waals surface area contributed by atoms with Gasteiger partial charge in [0.15, 0.2) is 0 Å². The molecule has 0 aliphatic carbocycles. The van der Waals surface area contributed by atoms with Gasteiger partial charge in [0.1, 0.15) is 17.5 Å². The summed E-state index contributed by atoms with van der Waals surface area (Å²) in [5.74, 6) is -0.0998. The zero-order valence-electron chi connectivity index (χ0n) is 19.8. The van der Waals surface area contributed by atoms with Crippen molar-refractivity contribution in [1.82, 2.24) is 15.0 Å². The zero-order valence-corrected chi connectivity index (χ0v) is 19.8. The third-order valence-corrected chi connectivity index (χ3v) is 5.88. The fourth-order valence-corrected chi connectivity index (χ4v) is 4.09. The van der Waals surface area contributed by atoms with Gasteiger partial charge in [0, 0.05) is 43.7 Å². The monoisotopic (exact) mass is 474 g/mol.